The number of thioether (sulfide) groups is 1. The molecule has 0 aliphatic heterocycles. The number of H-pyrrole nitrogens is 1. The van der Waals surface area contributed by atoms with Gasteiger partial charge in [0.15, 0.2) is 10.9 Å². The van der Waals surface area contributed by atoms with E-state index in [1.165, 1.54) is 29.2 Å². The minimum absolute atomic E-state index is 0.135. The van der Waals surface area contributed by atoms with Gasteiger partial charge in [-0.05, 0) is 24.8 Å². The Morgan fingerprint density at radius 2 is 2.37 bits per heavy atom. The highest BCUT2D eigenvalue weighted by Gasteiger charge is 2.06. The van der Waals surface area contributed by atoms with Gasteiger partial charge >= 0.3 is 0 Å². The Bertz CT molecular complexity index is 605. The van der Waals surface area contributed by atoms with Crippen LogP contribution in [-0.4, -0.2) is 21.5 Å². The third kappa shape index (κ3) is 4.33. The summed E-state index contributed by atoms with van der Waals surface area (Å²) < 4.78 is 0. The molecule has 1 N–H and O–H groups in total. The van der Waals surface area contributed by atoms with Crippen LogP contribution in [0.5, 0.6) is 0 Å². The number of nitrogens with one attached hydrogen (secondary N) is 1. The SMILES string of the molecule is Cc1cc(=O)[nH]c(SCCCC(=O)c2cccs2)n1. The third-order valence-electron chi connectivity index (χ3n) is 2.43. The smallest absolute Gasteiger partial charge is 0.251 e. The van der Waals surface area contributed by atoms with Crippen molar-refractivity contribution >= 4 is 28.9 Å². The van der Waals surface area contributed by atoms with Crippen molar-refractivity contribution in [3.63, 3.8) is 0 Å². The molecule has 0 atom stereocenters. The lowest BCUT2D eigenvalue weighted by Crippen LogP contribution is -2.08. The molecule has 0 aromatic carbocycles. The highest BCUT2D eigenvalue weighted by Crippen LogP contribution is 2.16. The predicted molar refractivity (Wildman–Crippen MR) is 78.2 cm³/mol. The number of ketones is 1. The first-order valence-corrected chi connectivity index (χ1v) is 7.79. The summed E-state index contributed by atoms with van der Waals surface area (Å²) >= 11 is 2.95. The van der Waals surface area contributed by atoms with Crippen LogP contribution in [0.3, 0.4) is 0 Å². The second-order valence-corrected chi connectivity index (χ2v) is 6.08. The molecule has 0 aliphatic carbocycles. The number of thiophene rings is 1. The average molecular weight is 294 g/mol. The number of aryl methyl sites for hydroxylation is 1. The number of hydrogen-bond acceptors (Lipinski definition) is 5. The molecule has 0 fully saturated rings. The summed E-state index contributed by atoms with van der Waals surface area (Å²) in [6.07, 6.45) is 1.31. The molecule has 4 nitrogen and oxygen atoms in total. The Kier molecular flexibility index (Phi) is 4.93. The van der Waals surface area contributed by atoms with Crippen molar-refractivity contribution in [3.05, 3.63) is 44.5 Å². The van der Waals surface area contributed by atoms with E-state index in [0.717, 1.165) is 17.1 Å². The number of aromatic nitrogens is 2. The summed E-state index contributed by atoms with van der Waals surface area (Å²) in [5.41, 5.74) is 0.575. The van der Waals surface area contributed by atoms with Crippen molar-refractivity contribution in [3.8, 4) is 0 Å². The molecule has 0 unspecified atom stereocenters. The van der Waals surface area contributed by atoms with Crippen LogP contribution >= 0.6 is 23.1 Å². The molecule has 0 saturated heterocycles. The van der Waals surface area contributed by atoms with Crippen LogP contribution < -0.4 is 5.56 Å². The number of carbonyl (C=O) groups is 1. The van der Waals surface area contributed by atoms with Gasteiger partial charge in [-0.15, -0.1) is 11.3 Å². The van der Waals surface area contributed by atoms with Gasteiger partial charge in [0.1, 0.15) is 0 Å². The third-order valence-corrected chi connectivity index (χ3v) is 4.30. The topological polar surface area (TPSA) is 62.8 Å². The number of carbonyl (C=O) groups excluding carboxylic acids is 1. The van der Waals surface area contributed by atoms with Crippen LogP contribution in [0.25, 0.3) is 0 Å². The highest BCUT2D eigenvalue weighted by atomic mass is 32.2. The molecule has 0 radical (unpaired) electrons. The standard InChI is InChI=1S/C13H14N2O2S2/c1-9-8-12(17)15-13(14-9)19-7-2-4-10(16)11-5-3-6-18-11/h3,5-6,8H,2,4,7H2,1H3,(H,14,15,17). The number of Topliss-reactive ketones (excluding diaryl/α,β-unsaturated/α-hetero) is 1. The molecule has 0 bridgehead atoms. The predicted octanol–water partition coefficient (Wildman–Crippen LogP) is 2.90. The van der Waals surface area contributed by atoms with E-state index in [9.17, 15) is 9.59 Å². The first-order valence-electron chi connectivity index (χ1n) is 5.92. The van der Waals surface area contributed by atoms with E-state index in [-0.39, 0.29) is 11.3 Å². The zero-order chi connectivity index (χ0) is 13.7. The normalized spacial score (nSPS) is 10.6. The molecule has 0 saturated carbocycles. The van der Waals surface area contributed by atoms with Crippen LogP contribution in [0.4, 0.5) is 0 Å². The lowest BCUT2D eigenvalue weighted by atomic mass is 10.2. The molecule has 2 aromatic rings. The number of hydrogen-bond donors (Lipinski definition) is 1. The van der Waals surface area contributed by atoms with Gasteiger partial charge in [0.05, 0.1) is 4.88 Å². The van der Waals surface area contributed by atoms with E-state index in [1.807, 2.05) is 17.5 Å². The van der Waals surface area contributed by atoms with E-state index >= 15 is 0 Å². The van der Waals surface area contributed by atoms with Gasteiger partial charge in [-0.25, -0.2) is 4.98 Å². The minimum Gasteiger partial charge on any atom is -0.301 e. The van der Waals surface area contributed by atoms with E-state index in [1.54, 1.807) is 6.92 Å². The Morgan fingerprint density at radius 1 is 1.53 bits per heavy atom. The first kappa shape index (κ1) is 14.0. The fourth-order valence-corrected chi connectivity index (χ4v) is 3.14. The van der Waals surface area contributed by atoms with E-state index in [2.05, 4.69) is 9.97 Å². The van der Waals surface area contributed by atoms with Gasteiger partial charge in [0.25, 0.3) is 5.56 Å². The molecule has 100 valence electrons. The molecular formula is C13H14N2O2S2. The maximum Gasteiger partial charge on any atom is 0.251 e. The highest BCUT2D eigenvalue weighted by molar-refractivity contribution is 7.99. The maximum absolute atomic E-state index is 11.8. The van der Waals surface area contributed by atoms with Gasteiger partial charge in [-0.3, -0.25) is 9.59 Å². The van der Waals surface area contributed by atoms with Crippen molar-refractivity contribution in [1.29, 1.82) is 0 Å². The van der Waals surface area contributed by atoms with Crippen LogP contribution in [0.2, 0.25) is 0 Å². The van der Waals surface area contributed by atoms with E-state index in [4.69, 9.17) is 0 Å². The fourth-order valence-electron chi connectivity index (χ4n) is 1.58. The van der Waals surface area contributed by atoms with Crippen molar-refractivity contribution in [1.82, 2.24) is 9.97 Å². The summed E-state index contributed by atoms with van der Waals surface area (Å²) in [4.78, 5) is 30.7. The minimum atomic E-state index is -0.135. The Morgan fingerprint density at radius 3 is 3.05 bits per heavy atom. The zero-order valence-corrected chi connectivity index (χ0v) is 12.1. The summed E-state index contributed by atoms with van der Waals surface area (Å²) in [6.45, 7) is 1.79. The Balaban J connectivity index is 1.78. The summed E-state index contributed by atoms with van der Waals surface area (Å²) in [5, 5.41) is 2.53. The fraction of sp³-hybridized carbons (Fsp3) is 0.308. The first-order chi connectivity index (χ1) is 9.15. The molecule has 6 heteroatoms. The van der Waals surface area contributed by atoms with Crippen LogP contribution in [0.1, 0.15) is 28.2 Å². The van der Waals surface area contributed by atoms with Gasteiger partial charge in [-0.2, -0.15) is 0 Å². The number of nitrogens with zero attached hydrogens (tertiary/aromatic N) is 1. The van der Waals surface area contributed by atoms with Crippen LogP contribution in [-0.2, 0) is 0 Å². The summed E-state index contributed by atoms with van der Waals surface area (Å²) in [6, 6.07) is 5.19. The van der Waals surface area contributed by atoms with Gasteiger partial charge < -0.3 is 4.98 Å². The number of aromatic amines is 1. The molecule has 19 heavy (non-hydrogen) atoms. The second kappa shape index (κ2) is 6.68. The second-order valence-electron chi connectivity index (χ2n) is 4.04. The molecule has 0 aliphatic rings. The molecule has 0 spiro atoms. The molecule has 2 rings (SSSR count). The van der Waals surface area contributed by atoms with Gasteiger partial charge in [0.2, 0.25) is 0 Å². The van der Waals surface area contributed by atoms with Gasteiger partial charge in [-0.1, -0.05) is 17.8 Å². The van der Waals surface area contributed by atoms with Crippen molar-refractivity contribution in [2.24, 2.45) is 0 Å². The van der Waals surface area contributed by atoms with Crippen molar-refractivity contribution < 1.29 is 4.79 Å². The van der Waals surface area contributed by atoms with E-state index in [0.29, 0.717) is 17.3 Å². The average Bonchev–Trinajstić information content (AvgIpc) is 2.87. The molecule has 2 heterocycles. The summed E-state index contributed by atoms with van der Waals surface area (Å²) in [5.74, 6) is 0.949. The Hall–Kier alpha value is -1.40. The zero-order valence-electron chi connectivity index (χ0n) is 10.5. The number of rotatable bonds is 6. The van der Waals surface area contributed by atoms with Crippen molar-refractivity contribution in [2.45, 2.75) is 24.9 Å². The molecular weight excluding hydrogens is 280 g/mol. The Labute approximate surface area is 119 Å². The monoisotopic (exact) mass is 294 g/mol. The molecule has 0 amide bonds. The molecule has 2 aromatic heterocycles. The summed E-state index contributed by atoms with van der Waals surface area (Å²) in [7, 11) is 0. The van der Waals surface area contributed by atoms with Crippen molar-refractivity contribution in [2.75, 3.05) is 5.75 Å². The van der Waals surface area contributed by atoms with Crippen LogP contribution in [0, 0.1) is 6.92 Å². The van der Waals surface area contributed by atoms with Crippen LogP contribution in [0.15, 0.2) is 33.5 Å². The lowest BCUT2D eigenvalue weighted by molar-refractivity contribution is 0.0986. The van der Waals surface area contributed by atoms with Gasteiger partial charge in [0, 0.05) is 23.9 Å². The quantitative estimate of drug-likeness (QED) is 0.385. The van der Waals surface area contributed by atoms with E-state index < -0.39 is 0 Å². The maximum atomic E-state index is 11.8. The lowest BCUT2D eigenvalue weighted by Gasteiger charge is -2.01. The largest absolute Gasteiger partial charge is 0.301 e.